The van der Waals surface area contributed by atoms with Crippen molar-refractivity contribution in [1.82, 2.24) is 14.9 Å². The first-order chi connectivity index (χ1) is 9.20. The zero-order chi connectivity index (χ0) is 13.7. The molecule has 0 aliphatic rings. The van der Waals surface area contributed by atoms with E-state index < -0.39 is 0 Å². The van der Waals surface area contributed by atoms with E-state index in [2.05, 4.69) is 15.4 Å². The SMILES string of the molecule is CN(Cc1ccncc1)C(=O)c1cc(NN)ccn1. The maximum absolute atomic E-state index is 12.2. The lowest BCUT2D eigenvalue weighted by Crippen LogP contribution is -2.27. The number of pyridine rings is 2. The summed E-state index contributed by atoms with van der Waals surface area (Å²) >= 11 is 0. The van der Waals surface area contributed by atoms with Crippen LogP contribution in [-0.4, -0.2) is 27.8 Å². The minimum atomic E-state index is -0.158. The number of amides is 1. The Hall–Kier alpha value is -2.47. The molecule has 6 heteroatoms. The van der Waals surface area contributed by atoms with E-state index >= 15 is 0 Å². The molecule has 0 saturated heterocycles. The number of nitrogens with two attached hydrogens (primary N) is 1. The molecule has 2 rings (SSSR count). The van der Waals surface area contributed by atoms with Crippen LogP contribution in [0.25, 0.3) is 0 Å². The topological polar surface area (TPSA) is 84.1 Å². The van der Waals surface area contributed by atoms with Gasteiger partial charge in [0, 0.05) is 32.2 Å². The summed E-state index contributed by atoms with van der Waals surface area (Å²) in [6.45, 7) is 0.503. The van der Waals surface area contributed by atoms with Crippen LogP contribution >= 0.6 is 0 Å². The van der Waals surface area contributed by atoms with Gasteiger partial charge in [0.15, 0.2) is 0 Å². The Morgan fingerprint density at radius 2 is 2.05 bits per heavy atom. The standard InChI is InChI=1S/C13H15N5O/c1-18(9-10-2-5-15-6-3-10)13(19)12-8-11(17-14)4-7-16-12/h2-8H,9,14H2,1H3,(H,16,17). The first kappa shape index (κ1) is 13.0. The Labute approximate surface area is 111 Å². The summed E-state index contributed by atoms with van der Waals surface area (Å²) in [6.07, 6.45) is 4.94. The molecule has 2 aromatic rings. The average Bonchev–Trinajstić information content (AvgIpc) is 2.47. The number of rotatable bonds is 4. The van der Waals surface area contributed by atoms with Crippen molar-refractivity contribution in [3.05, 3.63) is 54.1 Å². The van der Waals surface area contributed by atoms with E-state index in [1.807, 2.05) is 12.1 Å². The molecular weight excluding hydrogens is 242 g/mol. The zero-order valence-electron chi connectivity index (χ0n) is 10.6. The van der Waals surface area contributed by atoms with Crippen LogP contribution in [0.3, 0.4) is 0 Å². The van der Waals surface area contributed by atoms with Gasteiger partial charge in [0.1, 0.15) is 5.69 Å². The van der Waals surface area contributed by atoms with Gasteiger partial charge in [-0.05, 0) is 29.8 Å². The van der Waals surface area contributed by atoms with E-state index in [0.717, 1.165) is 5.56 Å². The molecule has 0 atom stereocenters. The highest BCUT2D eigenvalue weighted by atomic mass is 16.2. The maximum Gasteiger partial charge on any atom is 0.272 e. The van der Waals surface area contributed by atoms with Gasteiger partial charge in [-0.1, -0.05) is 0 Å². The molecule has 0 saturated carbocycles. The van der Waals surface area contributed by atoms with Gasteiger partial charge in [0.2, 0.25) is 0 Å². The highest BCUT2D eigenvalue weighted by Crippen LogP contribution is 2.10. The number of nitrogens with zero attached hydrogens (tertiary/aromatic N) is 3. The summed E-state index contributed by atoms with van der Waals surface area (Å²) in [4.78, 5) is 21.8. The van der Waals surface area contributed by atoms with Crippen LogP contribution in [0.2, 0.25) is 0 Å². The van der Waals surface area contributed by atoms with Gasteiger partial charge < -0.3 is 10.3 Å². The molecule has 19 heavy (non-hydrogen) atoms. The van der Waals surface area contributed by atoms with Crippen LogP contribution in [0.15, 0.2) is 42.9 Å². The number of hydrogen-bond acceptors (Lipinski definition) is 5. The third kappa shape index (κ3) is 3.26. The van der Waals surface area contributed by atoms with Gasteiger partial charge in [-0.15, -0.1) is 0 Å². The zero-order valence-corrected chi connectivity index (χ0v) is 10.6. The third-order valence-electron chi connectivity index (χ3n) is 2.66. The third-order valence-corrected chi connectivity index (χ3v) is 2.66. The predicted octanol–water partition coefficient (Wildman–Crippen LogP) is 1.03. The minimum absolute atomic E-state index is 0.158. The van der Waals surface area contributed by atoms with Crippen molar-refractivity contribution in [2.45, 2.75) is 6.54 Å². The number of carbonyl (C=O) groups is 1. The van der Waals surface area contributed by atoms with Crippen molar-refractivity contribution in [1.29, 1.82) is 0 Å². The first-order valence-electron chi connectivity index (χ1n) is 5.77. The van der Waals surface area contributed by atoms with Crippen molar-refractivity contribution < 1.29 is 4.79 Å². The van der Waals surface area contributed by atoms with Gasteiger partial charge in [-0.3, -0.25) is 20.6 Å². The van der Waals surface area contributed by atoms with Gasteiger partial charge in [-0.2, -0.15) is 0 Å². The Kier molecular flexibility index (Phi) is 4.04. The van der Waals surface area contributed by atoms with Crippen LogP contribution in [-0.2, 0) is 6.54 Å². The fourth-order valence-electron chi connectivity index (χ4n) is 1.67. The number of nitrogen functional groups attached to an aromatic ring is 1. The van der Waals surface area contributed by atoms with Gasteiger partial charge in [0.05, 0.1) is 5.69 Å². The summed E-state index contributed by atoms with van der Waals surface area (Å²) in [5.41, 5.74) is 4.51. The summed E-state index contributed by atoms with van der Waals surface area (Å²) in [5.74, 6) is 5.15. The second kappa shape index (κ2) is 5.92. The molecule has 6 nitrogen and oxygen atoms in total. The monoisotopic (exact) mass is 257 g/mol. The van der Waals surface area contributed by atoms with E-state index in [-0.39, 0.29) is 5.91 Å². The highest BCUT2D eigenvalue weighted by molar-refractivity contribution is 5.92. The quantitative estimate of drug-likeness (QED) is 0.631. The Bertz CT molecular complexity index is 558. The molecule has 0 aliphatic heterocycles. The molecule has 2 heterocycles. The van der Waals surface area contributed by atoms with Crippen molar-refractivity contribution >= 4 is 11.6 Å². The second-order valence-electron chi connectivity index (χ2n) is 4.09. The van der Waals surface area contributed by atoms with Crippen LogP contribution in [0.5, 0.6) is 0 Å². The Morgan fingerprint density at radius 3 is 2.74 bits per heavy atom. The summed E-state index contributed by atoms with van der Waals surface area (Å²) in [6, 6.07) is 7.05. The minimum Gasteiger partial charge on any atom is -0.336 e. The highest BCUT2D eigenvalue weighted by Gasteiger charge is 2.13. The van der Waals surface area contributed by atoms with Crippen molar-refractivity contribution in [3.8, 4) is 0 Å². The van der Waals surface area contributed by atoms with E-state index in [1.54, 1.807) is 42.7 Å². The fraction of sp³-hybridized carbons (Fsp3) is 0.154. The van der Waals surface area contributed by atoms with Crippen molar-refractivity contribution in [2.24, 2.45) is 5.84 Å². The van der Waals surface area contributed by atoms with Crippen LogP contribution in [0.1, 0.15) is 16.1 Å². The number of aromatic nitrogens is 2. The molecule has 0 bridgehead atoms. The average molecular weight is 257 g/mol. The molecule has 0 fully saturated rings. The molecule has 0 radical (unpaired) electrons. The van der Waals surface area contributed by atoms with E-state index in [9.17, 15) is 4.79 Å². The molecule has 2 aromatic heterocycles. The maximum atomic E-state index is 12.2. The molecule has 3 N–H and O–H groups in total. The summed E-state index contributed by atoms with van der Waals surface area (Å²) in [5, 5.41) is 0. The van der Waals surface area contributed by atoms with Gasteiger partial charge in [0.25, 0.3) is 5.91 Å². The molecule has 0 aromatic carbocycles. The van der Waals surface area contributed by atoms with Crippen LogP contribution in [0, 0.1) is 0 Å². The van der Waals surface area contributed by atoms with E-state index in [4.69, 9.17) is 5.84 Å². The van der Waals surface area contributed by atoms with E-state index in [0.29, 0.717) is 17.9 Å². The van der Waals surface area contributed by atoms with Crippen LogP contribution in [0.4, 0.5) is 5.69 Å². The molecule has 0 aliphatic carbocycles. The number of hydrogen-bond donors (Lipinski definition) is 2. The number of anilines is 1. The summed E-state index contributed by atoms with van der Waals surface area (Å²) < 4.78 is 0. The Morgan fingerprint density at radius 1 is 1.32 bits per heavy atom. The predicted molar refractivity (Wildman–Crippen MR) is 72.1 cm³/mol. The largest absolute Gasteiger partial charge is 0.336 e. The first-order valence-corrected chi connectivity index (χ1v) is 5.77. The number of hydrazine groups is 1. The van der Waals surface area contributed by atoms with Crippen molar-refractivity contribution in [3.63, 3.8) is 0 Å². The molecular formula is C13H15N5O. The normalized spacial score (nSPS) is 10.0. The molecule has 98 valence electrons. The lowest BCUT2D eigenvalue weighted by molar-refractivity contribution is 0.0779. The van der Waals surface area contributed by atoms with Gasteiger partial charge >= 0.3 is 0 Å². The number of carbonyl (C=O) groups excluding carboxylic acids is 1. The lowest BCUT2D eigenvalue weighted by atomic mass is 10.2. The number of nitrogens with one attached hydrogen (secondary N) is 1. The van der Waals surface area contributed by atoms with Crippen LogP contribution < -0.4 is 11.3 Å². The second-order valence-corrected chi connectivity index (χ2v) is 4.09. The Balaban J connectivity index is 2.10. The lowest BCUT2D eigenvalue weighted by Gasteiger charge is -2.17. The smallest absolute Gasteiger partial charge is 0.272 e. The van der Waals surface area contributed by atoms with Crippen molar-refractivity contribution in [2.75, 3.05) is 12.5 Å². The molecule has 1 amide bonds. The molecule has 0 unspecified atom stereocenters. The summed E-state index contributed by atoms with van der Waals surface area (Å²) in [7, 11) is 1.73. The fourth-order valence-corrected chi connectivity index (χ4v) is 1.67. The van der Waals surface area contributed by atoms with Gasteiger partial charge in [-0.25, -0.2) is 0 Å². The molecule has 0 spiro atoms. The van der Waals surface area contributed by atoms with E-state index in [1.165, 1.54) is 0 Å².